The Morgan fingerprint density at radius 3 is 2.94 bits per heavy atom. The van der Waals surface area contributed by atoms with Crippen LogP contribution in [0.4, 0.5) is 0 Å². The lowest BCUT2D eigenvalue weighted by molar-refractivity contribution is 0.474. The van der Waals surface area contributed by atoms with Gasteiger partial charge in [0.05, 0.1) is 5.02 Å². The molecular weight excluding hydrogens is 236 g/mol. The van der Waals surface area contributed by atoms with Crippen molar-refractivity contribution in [2.24, 2.45) is 0 Å². The van der Waals surface area contributed by atoms with Crippen LogP contribution in [0, 0.1) is 0 Å². The first-order chi connectivity index (χ1) is 8.22. The predicted molar refractivity (Wildman–Crippen MR) is 68.4 cm³/mol. The van der Waals surface area contributed by atoms with Crippen LogP contribution < -0.4 is 0 Å². The van der Waals surface area contributed by atoms with Crippen LogP contribution in [0.3, 0.4) is 0 Å². The lowest BCUT2D eigenvalue weighted by Gasteiger charge is -2.07. The summed E-state index contributed by atoms with van der Waals surface area (Å²) in [6.07, 6.45) is 5.39. The van der Waals surface area contributed by atoms with Gasteiger partial charge in [0.2, 0.25) is 0 Å². The van der Waals surface area contributed by atoms with Gasteiger partial charge in [0.25, 0.3) is 0 Å². The maximum atomic E-state index is 9.51. The molecule has 1 aromatic carbocycles. The van der Waals surface area contributed by atoms with Gasteiger partial charge in [-0.25, -0.2) is 4.98 Å². The molecule has 0 saturated carbocycles. The first-order valence-electron chi connectivity index (χ1n) is 5.68. The maximum absolute atomic E-state index is 9.51. The summed E-state index contributed by atoms with van der Waals surface area (Å²) in [4.78, 5) is 4.31. The van der Waals surface area contributed by atoms with Crippen LogP contribution in [-0.4, -0.2) is 14.7 Å². The summed E-state index contributed by atoms with van der Waals surface area (Å²) in [5, 5.41) is 9.95. The number of hydrogen-bond donors (Lipinski definition) is 1. The second-order valence-corrected chi connectivity index (χ2v) is 4.26. The summed E-state index contributed by atoms with van der Waals surface area (Å²) in [6.45, 7) is 3.01. The molecule has 3 nitrogen and oxygen atoms in total. The standard InChI is InChI=1S/C13H15ClN2O/c1-2-16-9-8-15-12(16)7-6-10-4-3-5-11(17)13(10)14/h3-5,8-9,17H,2,6-7H2,1H3. The zero-order valence-electron chi connectivity index (χ0n) is 9.73. The number of benzene rings is 1. The first kappa shape index (κ1) is 12.0. The van der Waals surface area contributed by atoms with E-state index in [4.69, 9.17) is 11.6 Å². The van der Waals surface area contributed by atoms with Gasteiger partial charge in [0, 0.05) is 25.4 Å². The van der Waals surface area contributed by atoms with Gasteiger partial charge < -0.3 is 9.67 Å². The predicted octanol–water partition coefficient (Wildman–Crippen LogP) is 3.05. The van der Waals surface area contributed by atoms with E-state index in [1.165, 1.54) is 0 Å². The molecule has 4 heteroatoms. The van der Waals surface area contributed by atoms with Crippen molar-refractivity contribution >= 4 is 11.6 Å². The number of rotatable bonds is 4. The Balaban J connectivity index is 2.10. The molecule has 0 aliphatic rings. The lowest BCUT2D eigenvalue weighted by Crippen LogP contribution is -2.03. The zero-order valence-corrected chi connectivity index (χ0v) is 10.5. The molecule has 90 valence electrons. The van der Waals surface area contributed by atoms with E-state index in [1.54, 1.807) is 6.07 Å². The van der Waals surface area contributed by atoms with E-state index in [-0.39, 0.29) is 5.75 Å². The second-order valence-electron chi connectivity index (χ2n) is 3.88. The molecule has 0 fully saturated rings. The third-order valence-electron chi connectivity index (χ3n) is 2.82. The highest BCUT2D eigenvalue weighted by molar-refractivity contribution is 6.32. The topological polar surface area (TPSA) is 38.0 Å². The third kappa shape index (κ3) is 2.61. The largest absolute Gasteiger partial charge is 0.506 e. The third-order valence-corrected chi connectivity index (χ3v) is 3.26. The molecule has 1 heterocycles. The molecule has 0 aliphatic carbocycles. The molecular formula is C13H15ClN2O. The number of aromatic hydroxyl groups is 1. The number of aryl methyl sites for hydroxylation is 3. The Bertz CT molecular complexity index is 508. The number of imidazole rings is 1. The van der Waals surface area contributed by atoms with Crippen molar-refractivity contribution in [3.63, 3.8) is 0 Å². The van der Waals surface area contributed by atoms with E-state index >= 15 is 0 Å². The molecule has 1 aromatic heterocycles. The van der Waals surface area contributed by atoms with Gasteiger partial charge in [-0.1, -0.05) is 23.7 Å². The van der Waals surface area contributed by atoms with E-state index in [2.05, 4.69) is 16.5 Å². The van der Waals surface area contributed by atoms with Crippen molar-refractivity contribution < 1.29 is 5.11 Å². The Morgan fingerprint density at radius 1 is 1.35 bits per heavy atom. The Hall–Kier alpha value is -1.48. The lowest BCUT2D eigenvalue weighted by atomic mass is 10.1. The summed E-state index contributed by atoms with van der Waals surface area (Å²) < 4.78 is 2.11. The van der Waals surface area contributed by atoms with Crippen molar-refractivity contribution in [2.45, 2.75) is 26.3 Å². The van der Waals surface area contributed by atoms with Crippen molar-refractivity contribution in [1.82, 2.24) is 9.55 Å². The van der Waals surface area contributed by atoms with E-state index in [0.29, 0.717) is 5.02 Å². The average Bonchev–Trinajstić information content (AvgIpc) is 2.78. The Morgan fingerprint density at radius 2 is 2.18 bits per heavy atom. The maximum Gasteiger partial charge on any atom is 0.134 e. The Labute approximate surface area is 106 Å². The van der Waals surface area contributed by atoms with E-state index in [9.17, 15) is 5.11 Å². The van der Waals surface area contributed by atoms with Crippen molar-refractivity contribution in [3.05, 3.63) is 47.0 Å². The average molecular weight is 251 g/mol. The minimum Gasteiger partial charge on any atom is -0.506 e. The molecule has 2 aromatic rings. The van der Waals surface area contributed by atoms with Crippen LogP contribution in [0.2, 0.25) is 5.02 Å². The highest BCUT2D eigenvalue weighted by Crippen LogP contribution is 2.27. The number of phenols is 1. The smallest absolute Gasteiger partial charge is 0.134 e. The van der Waals surface area contributed by atoms with Gasteiger partial charge in [0.1, 0.15) is 11.6 Å². The van der Waals surface area contributed by atoms with Crippen LogP contribution in [0.15, 0.2) is 30.6 Å². The summed E-state index contributed by atoms with van der Waals surface area (Å²) in [5.41, 5.74) is 0.956. The van der Waals surface area contributed by atoms with Crippen molar-refractivity contribution in [3.8, 4) is 5.75 Å². The van der Waals surface area contributed by atoms with Crippen LogP contribution in [0.5, 0.6) is 5.75 Å². The number of nitrogens with zero attached hydrogens (tertiary/aromatic N) is 2. The van der Waals surface area contributed by atoms with Crippen LogP contribution >= 0.6 is 11.6 Å². The monoisotopic (exact) mass is 250 g/mol. The molecule has 1 N–H and O–H groups in total. The van der Waals surface area contributed by atoms with Crippen LogP contribution in [0.1, 0.15) is 18.3 Å². The van der Waals surface area contributed by atoms with Crippen molar-refractivity contribution in [2.75, 3.05) is 0 Å². The fourth-order valence-corrected chi connectivity index (χ4v) is 2.08. The summed E-state index contributed by atoms with van der Waals surface area (Å²) in [7, 11) is 0. The molecule has 0 aliphatic heterocycles. The van der Waals surface area contributed by atoms with E-state index in [1.807, 2.05) is 24.5 Å². The van der Waals surface area contributed by atoms with Gasteiger partial charge in [-0.2, -0.15) is 0 Å². The number of halogens is 1. The minimum atomic E-state index is 0.142. The van der Waals surface area contributed by atoms with E-state index < -0.39 is 0 Å². The molecule has 0 atom stereocenters. The molecule has 0 spiro atoms. The molecule has 0 unspecified atom stereocenters. The molecule has 0 amide bonds. The quantitative estimate of drug-likeness (QED) is 0.906. The fourth-order valence-electron chi connectivity index (χ4n) is 1.86. The SMILES string of the molecule is CCn1ccnc1CCc1cccc(O)c1Cl. The molecule has 0 saturated heterocycles. The number of aromatic nitrogens is 2. The summed E-state index contributed by atoms with van der Waals surface area (Å²) >= 11 is 6.03. The summed E-state index contributed by atoms with van der Waals surface area (Å²) in [5.74, 6) is 1.19. The van der Waals surface area contributed by atoms with Gasteiger partial charge in [0.15, 0.2) is 0 Å². The first-order valence-corrected chi connectivity index (χ1v) is 6.06. The molecule has 17 heavy (non-hydrogen) atoms. The van der Waals surface area contributed by atoms with Crippen LogP contribution in [-0.2, 0) is 19.4 Å². The van der Waals surface area contributed by atoms with E-state index in [0.717, 1.165) is 30.8 Å². The van der Waals surface area contributed by atoms with Crippen molar-refractivity contribution in [1.29, 1.82) is 0 Å². The molecule has 0 bridgehead atoms. The normalized spacial score (nSPS) is 10.7. The summed E-state index contributed by atoms with van der Waals surface area (Å²) in [6, 6.07) is 5.34. The zero-order chi connectivity index (χ0) is 12.3. The highest BCUT2D eigenvalue weighted by Gasteiger charge is 2.07. The van der Waals surface area contributed by atoms with Gasteiger partial charge in [-0.15, -0.1) is 0 Å². The van der Waals surface area contributed by atoms with Gasteiger partial charge in [-0.3, -0.25) is 0 Å². The number of hydrogen-bond acceptors (Lipinski definition) is 2. The molecule has 2 rings (SSSR count). The van der Waals surface area contributed by atoms with Crippen LogP contribution in [0.25, 0.3) is 0 Å². The second kappa shape index (κ2) is 5.23. The minimum absolute atomic E-state index is 0.142. The molecule has 0 radical (unpaired) electrons. The number of phenolic OH excluding ortho intramolecular Hbond substituents is 1. The highest BCUT2D eigenvalue weighted by atomic mass is 35.5. The van der Waals surface area contributed by atoms with Gasteiger partial charge in [-0.05, 0) is 25.0 Å². The Kier molecular flexibility index (Phi) is 3.69. The fraction of sp³-hybridized carbons (Fsp3) is 0.308. The van der Waals surface area contributed by atoms with Gasteiger partial charge >= 0.3 is 0 Å².